The molecular formula is C14H10BrCl2IO. The minimum Gasteiger partial charge on any atom is -0.495 e. The van der Waals surface area contributed by atoms with Gasteiger partial charge in [0.1, 0.15) is 5.75 Å². The molecule has 0 N–H and O–H groups in total. The van der Waals surface area contributed by atoms with Gasteiger partial charge in [-0.1, -0.05) is 51.3 Å². The summed E-state index contributed by atoms with van der Waals surface area (Å²) in [6.45, 7) is 0. The van der Waals surface area contributed by atoms with E-state index in [1.807, 2.05) is 36.4 Å². The molecule has 2 rings (SSSR count). The molecule has 0 spiro atoms. The molecule has 2 aromatic rings. The van der Waals surface area contributed by atoms with Crippen LogP contribution in [0.5, 0.6) is 5.75 Å². The van der Waals surface area contributed by atoms with Gasteiger partial charge in [-0.3, -0.25) is 0 Å². The van der Waals surface area contributed by atoms with Crippen molar-refractivity contribution in [1.82, 2.24) is 0 Å². The van der Waals surface area contributed by atoms with E-state index in [1.165, 1.54) is 0 Å². The summed E-state index contributed by atoms with van der Waals surface area (Å²) in [5, 5.41) is 1.35. The summed E-state index contributed by atoms with van der Waals surface area (Å²) >= 11 is 18.2. The number of hydrogen-bond acceptors (Lipinski definition) is 1. The predicted molar refractivity (Wildman–Crippen MR) is 92.9 cm³/mol. The fourth-order valence-corrected chi connectivity index (χ4v) is 3.06. The van der Waals surface area contributed by atoms with Gasteiger partial charge in [0, 0.05) is 3.57 Å². The minimum atomic E-state index is 0.0467. The maximum absolute atomic E-state index is 6.15. The monoisotopic (exact) mass is 470 g/mol. The predicted octanol–water partition coefficient (Wildman–Crippen LogP) is 6.09. The summed E-state index contributed by atoms with van der Waals surface area (Å²) < 4.78 is 6.19. The van der Waals surface area contributed by atoms with Crippen LogP contribution in [0, 0.1) is 3.57 Å². The van der Waals surface area contributed by atoms with Crippen molar-refractivity contribution < 1.29 is 4.74 Å². The first-order valence-electron chi connectivity index (χ1n) is 5.45. The van der Waals surface area contributed by atoms with Crippen LogP contribution in [0.2, 0.25) is 10.0 Å². The molecule has 0 aliphatic rings. The largest absolute Gasteiger partial charge is 0.495 e. The molecule has 0 bridgehead atoms. The summed E-state index contributed by atoms with van der Waals surface area (Å²) in [5.41, 5.74) is 2.15. The Hall–Kier alpha value is 0.0300. The quantitative estimate of drug-likeness (QED) is 0.389. The van der Waals surface area contributed by atoms with Gasteiger partial charge < -0.3 is 4.74 Å². The van der Waals surface area contributed by atoms with Gasteiger partial charge in [-0.25, -0.2) is 0 Å². The Morgan fingerprint density at radius 1 is 1.05 bits per heavy atom. The third-order valence-electron chi connectivity index (χ3n) is 2.70. The molecule has 0 saturated heterocycles. The molecule has 2 aromatic carbocycles. The van der Waals surface area contributed by atoms with Crippen LogP contribution in [0.3, 0.4) is 0 Å². The Morgan fingerprint density at radius 2 is 1.63 bits per heavy atom. The number of halogens is 4. The molecule has 1 atom stereocenters. The van der Waals surface area contributed by atoms with E-state index in [2.05, 4.69) is 38.5 Å². The molecule has 0 aliphatic heterocycles. The first-order chi connectivity index (χ1) is 9.02. The van der Waals surface area contributed by atoms with E-state index < -0.39 is 0 Å². The molecule has 0 aromatic heterocycles. The van der Waals surface area contributed by atoms with Gasteiger partial charge in [0.05, 0.1) is 22.0 Å². The Kier molecular flexibility index (Phi) is 5.40. The van der Waals surface area contributed by atoms with Gasteiger partial charge in [0.15, 0.2) is 0 Å². The fraction of sp³-hybridized carbons (Fsp3) is 0.143. The van der Waals surface area contributed by atoms with Crippen LogP contribution in [0.25, 0.3) is 0 Å². The van der Waals surface area contributed by atoms with Gasteiger partial charge >= 0.3 is 0 Å². The smallest absolute Gasteiger partial charge is 0.137 e. The molecule has 100 valence electrons. The van der Waals surface area contributed by atoms with Crippen molar-refractivity contribution >= 4 is 61.7 Å². The van der Waals surface area contributed by atoms with Gasteiger partial charge in [-0.05, 0) is 58.0 Å². The van der Waals surface area contributed by atoms with Crippen molar-refractivity contribution in [2.45, 2.75) is 4.83 Å². The van der Waals surface area contributed by atoms with Crippen LogP contribution >= 0.6 is 61.7 Å². The number of rotatable bonds is 3. The molecular weight excluding hydrogens is 462 g/mol. The molecule has 0 aliphatic carbocycles. The zero-order chi connectivity index (χ0) is 14.0. The normalized spacial score (nSPS) is 12.3. The summed E-state index contributed by atoms with van der Waals surface area (Å²) in [6, 6.07) is 11.7. The topological polar surface area (TPSA) is 9.23 Å². The van der Waals surface area contributed by atoms with E-state index in [0.29, 0.717) is 10.8 Å². The van der Waals surface area contributed by atoms with Crippen LogP contribution in [0.4, 0.5) is 0 Å². The molecule has 0 radical (unpaired) electrons. The molecule has 0 heterocycles. The third kappa shape index (κ3) is 3.57. The molecule has 5 heteroatoms. The average molecular weight is 472 g/mol. The van der Waals surface area contributed by atoms with E-state index in [0.717, 1.165) is 19.7 Å². The van der Waals surface area contributed by atoms with Gasteiger partial charge in [-0.2, -0.15) is 0 Å². The van der Waals surface area contributed by atoms with Crippen molar-refractivity contribution in [3.63, 3.8) is 0 Å². The summed E-state index contributed by atoms with van der Waals surface area (Å²) in [5.74, 6) is 0.672. The van der Waals surface area contributed by atoms with Crippen LogP contribution in [0.1, 0.15) is 16.0 Å². The summed E-state index contributed by atoms with van der Waals surface area (Å²) in [6.07, 6.45) is 0. The highest BCUT2D eigenvalue weighted by Gasteiger charge is 2.13. The number of alkyl halides is 1. The van der Waals surface area contributed by atoms with Crippen molar-refractivity contribution in [3.05, 3.63) is 61.1 Å². The second-order valence-electron chi connectivity index (χ2n) is 3.93. The lowest BCUT2D eigenvalue weighted by atomic mass is 10.0. The third-order valence-corrected chi connectivity index (χ3v) is 5.63. The minimum absolute atomic E-state index is 0.0467. The molecule has 0 amide bonds. The average Bonchev–Trinajstić information content (AvgIpc) is 2.41. The van der Waals surface area contributed by atoms with E-state index in [4.69, 9.17) is 27.9 Å². The standard InChI is InChI=1S/C14H10BrCl2IO/c1-19-13-5-3-9(7-11(13)17)14(15)8-2-4-12(18)10(16)6-8/h2-7,14H,1H3. The number of methoxy groups -OCH3 is 1. The molecule has 0 fully saturated rings. The summed E-state index contributed by atoms with van der Waals surface area (Å²) in [4.78, 5) is 0.0467. The maximum Gasteiger partial charge on any atom is 0.137 e. The SMILES string of the molecule is COc1ccc(C(Br)c2ccc(I)c(Cl)c2)cc1Cl. The van der Waals surface area contributed by atoms with Crippen molar-refractivity contribution in [3.8, 4) is 5.75 Å². The second kappa shape index (κ2) is 6.66. The molecule has 19 heavy (non-hydrogen) atoms. The van der Waals surface area contributed by atoms with Crippen LogP contribution in [-0.4, -0.2) is 7.11 Å². The van der Waals surface area contributed by atoms with Gasteiger partial charge in [0.2, 0.25) is 0 Å². The lowest BCUT2D eigenvalue weighted by molar-refractivity contribution is 0.415. The van der Waals surface area contributed by atoms with Crippen LogP contribution in [-0.2, 0) is 0 Å². The van der Waals surface area contributed by atoms with Crippen molar-refractivity contribution in [2.24, 2.45) is 0 Å². The van der Waals surface area contributed by atoms with Crippen molar-refractivity contribution in [1.29, 1.82) is 0 Å². The molecule has 1 unspecified atom stereocenters. The van der Waals surface area contributed by atoms with Crippen molar-refractivity contribution in [2.75, 3.05) is 7.11 Å². The lowest BCUT2D eigenvalue weighted by Crippen LogP contribution is -1.94. The van der Waals surface area contributed by atoms with E-state index in [-0.39, 0.29) is 4.83 Å². The van der Waals surface area contributed by atoms with E-state index in [1.54, 1.807) is 7.11 Å². The highest BCUT2D eigenvalue weighted by Crippen LogP contribution is 2.36. The van der Waals surface area contributed by atoms with Gasteiger partial charge in [-0.15, -0.1) is 0 Å². The number of hydrogen-bond donors (Lipinski definition) is 0. The Bertz CT molecular complexity index is 604. The maximum atomic E-state index is 6.15. The van der Waals surface area contributed by atoms with E-state index in [9.17, 15) is 0 Å². The van der Waals surface area contributed by atoms with Crippen LogP contribution in [0.15, 0.2) is 36.4 Å². The number of ether oxygens (including phenoxy) is 1. The summed E-state index contributed by atoms with van der Waals surface area (Å²) in [7, 11) is 1.60. The highest BCUT2D eigenvalue weighted by atomic mass is 127. The zero-order valence-corrected chi connectivity index (χ0v) is 15.2. The first kappa shape index (κ1) is 15.4. The van der Waals surface area contributed by atoms with E-state index >= 15 is 0 Å². The van der Waals surface area contributed by atoms with Crippen LogP contribution < -0.4 is 4.74 Å². The lowest BCUT2D eigenvalue weighted by Gasteiger charge is -2.13. The number of benzene rings is 2. The zero-order valence-electron chi connectivity index (χ0n) is 9.96. The highest BCUT2D eigenvalue weighted by molar-refractivity contribution is 14.1. The molecule has 1 nitrogen and oxygen atoms in total. The Balaban J connectivity index is 2.35. The van der Waals surface area contributed by atoms with Gasteiger partial charge in [0.25, 0.3) is 0 Å². The Morgan fingerprint density at radius 3 is 2.16 bits per heavy atom. The second-order valence-corrected chi connectivity index (χ2v) is 6.82. The Labute approximate surface area is 144 Å². The molecule has 0 saturated carbocycles. The first-order valence-corrected chi connectivity index (χ1v) is 8.20. The fourth-order valence-electron chi connectivity index (χ4n) is 1.70.